The number of hydrazone groups is 1. The number of carbonyl (C=O) groups excluding carboxylic acids is 1. The van der Waals surface area contributed by atoms with Gasteiger partial charge in [0.15, 0.2) is 0 Å². The Morgan fingerprint density at radius 2 is 2.05 bits per heavy atom. The van der Waals surface area contributed by atoms with E-state index in [-0.39, 0.29) is 12.3 Å². The average Bonchev–Trinajstić information content (AvgIpc) is 2.50. The number of nitrogen functional groups attached to an aromatic ring is 1. The van der Waals surface area contributed by atoms with E-state index >= 15 is 0 Å². The smallest absolute Gasteiger partial charge is 0.244 e. The molecular weight excluding hydrogens is 278 g/mol. The van der Waals surface area contributed by atoms with E-state index in [0.717, 1.165) is 16.9 Å². The van der Waals surface area contributed by atoms with Gasteiger partial charge in [-0.3, -0.25) is 4.79 Å². The zero-order valence-corrected chi connectivity index (χ0v) is 12.5. The van der Waals surface area contributed by atoms with Crippen LogP contribution in [0.15, 0.2) is 53.6 Å². The highest BCUT2D eigenvalue weighted by Gasteiger charge is 2.01. The molecule has 2 aromatic carbocycles. The van der Waals surface area contributed by atoms with Crippen LogP contribution in [0.1, 0.15) is 18.1 Å². The fraction of sp³-hybridized carbons (Fsp3) is 0.176. The second kappa shape index (κ2) is 7.83. The first-order valence-corrected chi connectivity index (χ1v) is 7.06. The molecule has 0 spiro atoms. The summed E-state index contributed by atoms with van der Waals surface area (Å²) in [6.45, 7) is 2.54. The predicted octanol–water partition coefficient (Wildman–Crippen LogP) is 2.36. The first kappa shape index (κ1) is 15.6. The van der Waals surface area contributed by atoms with Crippen LogP contribution in [0.3, 0.4) is 0 Å². The van der Waals surface area contributed by atoms with Crippen molar-refractivity contribution in [3.05, 3.63) is 59.7 Å². The normalized spacial score (nSPS) is 10.6. The largest absolute Gasteiger partial charge is 0.494 e. The van der Waals surface area contributed by atoms with Gasteiger partial charge in [-0.25, -0.2) is 5.43 Å². The lowest BCUT2D eigenvalue weighted by Crippen LogP contribution is -2.19. The molecule has 0 fully saturated rings. The lowest BCUT2D eigenvalue weighted by atomic mass is 10.1. The van der Waals surface area contributed by atoms with Crippen LogP contribution in [0.25, 0.3) is 0 Å². The van der Waals surface area contributed by atoms with Crippen LogP contribution in [0, 0.1) is 0 Å². The van der Waals surface area contributed by atoms with Crippen molar-refractivity contribution in [2.45, 2.75) is 13.3 Å². The number of benzene rings is 2. The number of nitrogens with zero attached hydrogens (tertiary/aromatic N) is 1. The first-order chi connectivity index (χ1) is 10.7. The van der Waals surface area contributed by atoms with Gasteiger partial charge in [-0.15, -0.1) is 0 Å². The summed E-state index contributed by atoms with van der Waals surface area (Å²) >= 11 is 0. The van der Waals surface area contributed by atoms with E-state index in [1.54, 1.807) is 18.3 Å². The Hall–Kier alpha value is -2.82. The molecule has 0 unspecified atom stereocenters. The van der Waals surface area contributed by atoms with Crippen LogP contribution in [0.5, 0.6) is 5.75 Å². The summed E-state index contributed by atoms with van der Waals surface area (Å²) in [5.74, 6) is 0.599. The number of nitrogens with one attached hydrogen (secondary N) is 1. The number of amides is 1. The summed E-state index contributed by atoms with van der Waals surface area (Å²) in [6, 6.07) is 14.7. The van der Waals surface area contributed by atoms with Crippen molar-refractivity contribution in [3.63, 3.8) is 0 Å². The van der Waals surface area contributed by atoms with Crippen LogP contribution in [-0.4, -0.2) is 18.7 Å². The van der Waals surface area contributed by atoms with Gasteiger partial charge >= 0.3 is 0 Å². The standard InChI is InChI=1S/C17H19N3O2/c1-2-22-16-5-3-4-14(10-16)12-19-20-17(21)11-13-6-8-15(18)9-7-13/h3-10,12H,2,11,18H2,1H3,(H,20,21)/b19-12-. The highest BCUT2D eigenvalue weighted by molar-refractivity contribution is 5.83. The van der Waals surface area contributed by atoms with Crippen LogP contribution in [0.2, 0.25) is 0 Å². The molecule has 0 saturated carbocycles. The third-order valence-corrected chi connectivity index (χ3v) is 2.92. The van der Waals surface area contributed by atoms with Crippen LogP contribution in [-0.2, 0) is 11.2 Å². The average molecular weight is 297 g/mol. The SMILES string of the molecule is CCOc1cccc(/C=N\NC(=O)Cc2ccc(N)cc2)c1. The number of hydrogen-bond donors (Lipinski definition) is 2. The molecule has 0 aliphatic carbocycles. The topological polar surface area (TPSA) is 76.7 Å². The van der Waals surface area contributed by atoms with Crippen molar-refractivity contribution in [1.82, 2.24) is 5.43 Å². The highest BCUT2D eigenvalue weighted by Crippen LogP contribution is 2.11. The molecule has 0 atom stereocenters. The van der Waals surface area contributed by atoms with E-state index < -0.39 is 0 Å². The number of hydrogen-bond acceptors (Lipinski definition) is 4. The Bertz CT molecular complexity index is 651. The molecule has 2 rings (SSSR count). The molecule has 0 saturated heterocycles. The van der Waals surface area contributed by atoms with E-state index in [1.807, 2.05) is 43.3 Å². The maximum Gasteiger partial charge on any atom is 0.244 e. The van der Waals surface area contributed by atoms with Crippen molar-refractivity contribution >= 4 is 17.8 Å². The van der Waals surface area contributed by atoms with Gasteiger partial charge in [0.1, 0.15) is 5.75 Å². The summed E-state index contributed by atoms with van der Waals surface area (Å²) in [5.41, 5.74) is 10.5. The zero-order chi connectivity index (χ0) is 15.8. The minimum atomic E-state index is -0.179. The molecule has 114 valence electrons. The number of ether oxygens (including phenoxy) is 1. The van der Waals surface area contributed by atoms with Crippen LogP contribution in [0.4, 0.5) is 5.69 Å². The zero-order valence-electron chi connectivity index (χ0n) is 12.5. The molecule has 0 bridgehead atoms. The molecule has 1 amide bonds. The number of anilines is 1. The molecule has 3 N–H and O–H groups in total. The lowest BCUT2D eigenvalue weighted by Gasteiger charge is -2.03. The third-order valence-electron chi connectivity index (χ3n) is 2.92. The first-order valence-electron chi connectivity index (χ1n) is 7.06. The lowest BCUT2D eigenvalue weighted by molar-refractivity contribution is -0.120. The highest BCUT2D eigenvalue weighted by atomic mass is 16.5. The van der Waals surface area contributed by atoms with Crippen molar-refractivity contribution in [2.24, 2.45) is 5.10 Å². The second-order valence-corrected chi connectivity index (χ2v) is 4.72. The molecular formula is C17H19N3O2. The minimum absolute atomic E-state index is 0.179. The van der Waals surface area contributed by atoms with Crippen LogP contribution < -0.4 is 15.9 Å². The molecule has 0 radical (unpaired) electrons. The number of rotatable bonds is 6. The van der Waals surface area contributed by atoms with E-state index in [0.29, 0.717) is 12.3 Å². The molecule has 0 aliphatic rings. The van der Waals surface area contributed by atoms with Gasteiger partial charge in [0, 0.05) is 5.69 Å². The van der Waals surface area contributed by atoms with Gasteiger partial charge in [0.25, 0.3) is 0 Å². The summed E-state index contributed by atoms with van der Waals surface area (Å²) in [7, 11) is 0. The Morgan fingerprint density at radius 3 is 2.77 bits per heavy atom. The van der Waals surface area contributed by atoms with Crippen LogP contribution >= 0.6 is 0 Å². The molecule has 0 aliphatic heterocycles. The minimum Gasteiger partial charge on any atom is -0.494 e. The van der Waals surface area contributed by atoms with Crippen molar-refractivity contribution in [1.29, 1.82) is 0 Å². The second-order valence-electron chi connectivity index (χ2n) is 4.72. The van der Waals surface area contributed by atoms with Crippen molar-refractivity contribution in [2.75, 3.05) is 12.3 Å². The summed E-state index contributed by atoms with van der Waals surface area (Å²) in [5, 5.41) is 3.95. The van der Waals surface area contributed by atoms with Gasteiger partial charge < -0.3 is 10.5 Å². The van der Waals surface area contributed by atoms with Crippen molar-refractivity contribution in [3.8, 4) is 5.75 Å². The van der Waals surface area contributed by atoms with Gasteiger partial charge in [-0.1, -0.05) is 24.3 Å². The summed E-state index contributed by atoms with van der Waals surface area (Å²) in [4.78, 5) is 11.8. The third kappa shape index (κ3) is 4.94. The maximum atomic E-state index is 11.8. The Morgan fingerprint density at radius 1 is 1.27 bits per heavy atom. The molecule has 5 nitrogen and oxygen atoms in total. The van der Waals surface area contributed by atoms with Gasteiger partial charge in [0.05, 0.1) is 19.2 Å². The van der Waals surface area contributed by atoms with Gasteiger partial charge in [0.2, 0.25) is 5.91 Å². The summed E-state index contributed by atoms with van der Waals surface area (Å²) in [6.07, 6.45) is 1.85. The summed E-state index contributed by atoms with van der Waals surface area (Å²) < 4.78 is 5.40. The number of nitrogens with two attached hydrogens (primary N) is 1. The Kier molecular flexibility index (Phi) is 5.54. The fourth-order valence-corrected chi connectivity index (χ4v) is 1.89. The predicted molar refractivity (Wildman–Crippen MR) is 87.9 cm³/mol. The number of carbonyl (C=O) groups is 1. The fourth-order valence-electron chi connectivity index (χ4n) is 1.89. The molecule has 5 heteroatoms. The quantitative estimate of drug-likeness (QED) is 0.488. The van der Waals surface area contributed by atoms with E-state index in [2.05, 4.69) is 10.5 Å². The maximum absolute atomic E-state index is 11.8. The van der Waals surface area contributed by atoms with Crippen molar-refractivity contribution < 1.29 is 9.53 Å². The van der Waals surface area contributed by atoms with E-state index in [9.17, 15) is 4.79 Å². The molecule has 0 heterocycles. The van der Waals surface area contributed by atoms with E-state index in [4.69, 9.17) is 10.5 Å². The molecule has 2 aromatic rings. The monoisotopic (exact) mass is 297 g/mol. The molecule has 22 heavy (non-hydrogen) atoms. The Labute approximate surface area is 129 Å². The van der Waals surface area contributed by atoms with E-state index in [1.165, 1.54) is 0 Å². The Balaban J connectivity index is 1.87. The molecule has 0 aromatic heterocycles. The van der Waals surface area contributed by atoms with Gasteiger partial charge in [-0.2, -0.15) is 5.10 Å². The van der Waals surface area contributed by atoms with Gasteiger partial charge in [-0.05, 0) is 42.3 Å².